The van der Waals surface area contributed by atoms with Crippen LogP contribution in [0.4, 0.5) is 5.69 Å². The molecule has 0 fully saturated rings. The predicted octanol–water partition coefficient (Wildman–Crippen LogP) is 5.43. The van der Waals surface area contributed by atoms with E-state index in [1.807, 2.05) is 32.0 Å². The van der Waals surface area contributed by atoms with E-state index < -0.39 is 0 Å². The van der Waals surface area contributed by atoms with Crippen molar-refractivity contribution in [3.63, 3.8) is 0 Å². The SMILES string of the molecule is CCCCCCOc1ccccc1C(=O)Nc1cccc(C(=O)NC(C)CC)c1. The summed E-state index contributed by atoms with van der Waals surface area (Å²) in [6, 6.07) is 14.3. The maximum Gasteiger partial charge on any atom is 0.259 e. The number of benzene rings is 2. The molecule has 29 heavy (non-hydrogen) atoms. The number of para-hydroxylation sites is 1. The first-order valence-electron chi connectivity index (χ1n) is 10.5. The van der Waals surface area contributed by atoms with Crippen LogP contribution in [0, 0.1) is 0 Å². The van der Waals surface area contributed by atoms with Gasteiger partial charge < -0.3 is 15.4 Å². The van der Waals surface area contributed by atoms with Crippen molar-refractivity contribution in [3.8, 4) is 5.75 Å². The molecule has 2 amide bonds. The van der Waals surface area contributed by atoms with Crippen LogP contribution in [0.2, 0.25) is 0 Å². The van der Waals surface area contributed by atoms with Crippen LogP contribution in [-0.2, 0) is 0 Å². The van der Waals surface area contributed by atoms with E-state index in [2.05, 4.69) is 17.6 Å². The highest BCUT2D eigenvalue weighted by Crippen LogP contribution is 2.21. The lowest BCUT2D eigenvalue weighted by atomic mass is 10.1. The van der Waals surface area contributed by atoms with Gasteiger partial charge in [-0.15, -0.1) is 0 Å². The third-order valence-corrected chi connectivity index (χ3v) is 4.76. The van der Waals surface area contributed by atoms with Gasteiger partial charge in [-0.25, -0.2) is 0 Å². The van der Waals surface area contributed by atoms with E-state index in [0.29, 0.717) is 29.2 Å². The molecule has 2 N–H and O–H groups in total. The van der Waals surface area contributed by atoms with Crippen molar-refractivity contribution in [2.24, 2.45) is 0 Å². The van der Waals surface area contributed by atoms with E-state index in [4.69, 9.17) is 4.74 Å². The molecule has 5 heteroatoms. The maximum absolute atomic E-state index is 12.8. The molecule has 0 radical (unpaired) electrons. The fourth-order valence-electron chi connectivity index (χ4n) is 2.84. The van der Waals surface area contributed by atoms with Crippen LogP contribution in [0.15, 0.2) is 48.5 Å². The first-order valence-corrected chi connectivity index (χ1v) is 10.5. The van der Waals surface area contributed by atoms with E-state index in [1.165, 1.54) is 12.8 Å². The van der Waals surface area contributed by atoms with Gasteiger partial charge in [0.2, 0.25) is 0 Å². The topological polar surface area (TPSA) is 67.4 Å². The summed E-state index contributed by atoms with van der Waals surface area (Å²) in [5.74, 6) is 0.173. The van der Waals surface area contributed by atoms with Gasteiger partial charge in [-0.2, -0.15) is 0 Å². The minimum Gasteiger partial charge on any atom is -0.493 e. The first kappa shape index (κ1) is 22.5. The Hall–Kier alpha value is -2.82. The minimum atomic E-state index is -0.256. The number of hydrogen-bond acceptors (Lipinski definition) is 3. The molecular formula is C24H32N2O3. The zero-order chi connectivity index (χ0) is 21.1. The van der Waals surface area contributed by atoms with E-state index in [1.54, 1.807) is 30.3 Å². The molecule has 156 valence electrons. The number of amides is 2. The Labute approximate surface area is 173 Å². The van der Waals surface area contributed by atoms with E-state index in [-0.39, 0.29) is 17.9 Å². The molecule has 0 spiro atoms. The number of ether oxygens (including phenoxy) is 1. The van der Waals surface area contributed by atoms with E-state index in [0.717, 1.165) is 19.3 Å². The molecule has 0 aliphatic heterocycles. The first-order chi connectivity index (χ1) is 14.0. The third kappa shape index (κ3) is 7.26. The average Bonchev–Trinajstić information content (AvgIpc) is 2.74. The van der Waals surface area contributed by atoms with Gasteiger partial charge in [-0.1, -0.05) is 51.3 Å². The zero-order valence-electron chi connectivity index (χ0n) is 17.7. The summed E-state index contributed by atoms with van der Waals surface area (Å²) in [5.41, 5.74) is 1.57. The fraction of sp³-hybridized carbons (Fsp3) is 0.417. The molecule has 1 unspecified atom stereocenters. The number of carbonyl (C=O) groups is 2. The average molecular weight is 397 g/mol. The lowest BCUT2D eigenvalue weighted by Gasteiger charge is -2.13. The number of carbonyl (C=O) groups excluding carboxylic acids is 2. The molecule has 2 aromatic rings. The lowest BCUT2D eigenvalue weighted by molar-refractivity contribution is 0.0938. The summed E-state index contributed by atoms with van der Waals surface area (Å²) >= 11 is 0. The van der Waals surface area contributed by atoms with E-state index >= 15 is 0 Å². The van der Waals surface area contributed by atoms with Crippen molar-refractivity contribution in [1.29, 1.82) is 0 Å². The van der Waals surface area contributed by atoms with Gasteiger partial charge in [-0.05, 0) is 50.1 Å². The van der Waals surface area contributed by atoms with E-state index in [9.17, 15) is 9.59 Å². The van der Waals surface area contributed by atoms with Crippen LogP contribution >= 0.6 is 0 Å². The molecular weight excluding hydrogens is 364 g/mol. The van der Waals surface area contributed by atoms with Crippen LogP contribution < -0.4 is 15.4 Å². The van der Waals surface area contributed by atoms with Gasteiger partial charge in [0.05, 0.1) is 12.2 Å². The largest absolute Gasteiger partial charge is 0.493 e. The summed E-state index contributed by atoms with van der Waals surface area (Å²) in [6.45, 7) is 6.74. The number of nitrogens with one attached hydrogen (secondary N) is 2. The monoisotopic (exact) mass is 396 g/mol. The number of rotatable bonds is 11. The third-order valence-electron chi connectivity index (χ3n) is 4.76. The number of hydrogen-bond donors (Lipinski definition) is 2. The number of anilines is 1. The van der Waals surface area contributed by atoms with Crippen LogP contribution in [0.3, 0.4) is 0 Å². The molecule has 0 heterocycles. The lowest BCUT2D eigenvalue weighted by Crippen LogP contribution is -2.31. The quantitative estimate of drug-likeness (QED) is 0.498. The molecule has 1 atom stereocenters. The zero-order valence-corrected chi connectivity index (χ0v) is 17.7. The molecule has 0 aliphatic rings. The molecule has 0 saturated carbocycles. The van der Waals surface area contributed by atoms with Crippen LogP contribution in [0.25, 0.3) is 0 Å². The Morgan fingerprint density at radius 3 is 2.52 bits per heavy atom. The molecule has 2 rings (SSSR count). The number of unbranched alkanes of at least 4 members (excludes halogenated alkanes) is 3. The Bertz CT molecular complexity index is 804. The molecule has 0 saturated heterocycles. The predicted molar refractivity (Wildman–Crippen MR) is 118 cm³/mol. The van der Waals surface area contributed by atoms with Crippen molar-refractivity contribution in [3.05, 3.63) is 59.7 Å². The second-order valence-corrected chi connectivity index (χ2v) is 7.22. The summed E-state index contributed by atoms with van der Waals surface area (Å²) in [6.07, 6.45) is 5.31. The van der Waals surface area contributed by atoms with Crippen molar-refractivity contribution in [1.82, 2.24) is 5.32 Å². The normalized spacial score (nSPS) is 11.6. The van der Waals surface area contributed by atoms with Gasteiger partial charge in [0.25, 0.3) is 11.8 Å². The van der Waals surface area contributed by atoms with Crippen LogP contribution in [-0.4, -0.2) is 24.5 Å². The van der Waals surface area contributed by atoms with Crippen LogP contribution in [0.5, 0.6) is 5.75 Å². The van der Waals surface area contributed by atoms with Gasteiger partial charge in [0.1, 0.15) is 5.75 Å². The highest BCUT2D eigenvalue weighted by Gasteiger charge is 2.14. The second-order valence-electron chi connectivity index (χ2n) is 7.22. The molecule has 0 aromatic heterocycles. The highest BCUT2D eigenvalue weighted by atomic mass is 16.5. The van der Waals surface area contributed by atoms with Crippen molar-refractivity contribution < 1.29 is 14.3 Å². The Morgan fingerprint density at radius 1 is 0.966 bits per heavy atom. The molecule has 0 aliphatic carbocycles. The summed E-state index contributed by atoms with van der Waals surface area (Å²) in [5, 5.41) is 5.81. The summed E-state index contributed by atoms with van der Waals surface area (Å²) < 4.78 is 5.84. The van der Waals surface area contributed by atoms with Crippen molar-refractivity contribution >= 4 is 17.5 Å². The van der Waals surface area contributed by atoms with Gasteiger partial charge in [-0.3, -0.25) is 9.59 Å². The Balaban J connectivity index is 2.03. The van der Waals surface area contributed by atoms with Crippen molar-refractivity contribution in [2.45, 2.75) is 58.9 Å². The standard InChI is InChI=1S/C24H32N2O3/c1-4-6-7-10-16-29-22-15-9-8-14-21(22)24(28)26-20-13-11-12-19(17-20)23(27)25-18(3)5-2/h8-9,11-15,17-18H,4-7,10,16H2,1-3H3,(H,25,27)(H,26,28). The second kappa shape index (κ2) is 11.9. The van der Waals surface area contributed by atoms with Gasteiger partial charge in [0.15, 0.2) is 0 Å². The van der Waals surface area contributed by atoms with Crippen LogP contribution in [0.1, 0.15) is 73.6 Å². The van der Waals surface area contributed by atoms with Gasteiger partial charge >= 0.3 is 0 Å². The smallest absolute Gasteiger partial charge is 0.259 e. The van der Waals surface area contributed by atoms with Gasteiger partial charge in [0, 0.05) is 17.3 Å². The summed E-state index contributed by atoms with van der Waals surface area (Å²) in [7, 11) is 0. The molecule has 0 bridgehead atoms. The minimum absolute atomic E-state index is 0.0992. The fourth-order valence-corrected chi connectivity index (χ4v) is 2.84. The highest BCUT2D eigenvalue weighted by molar-refractivity contribution is 6.06. The summed E-state index contributed by atoms with van der Waals surface area (Å²) in [4.78, 5) is 25.1. The Morgan fingerprint density at radius 2 is 1.76 bits per heavy atom. The molecule has 5 nitrogen and oxygen atoms in total. The Kier molecular flexibility index (Phi) is 9.22. The maximum atomic E-state index is 12.8. The molecule has 2 aromatic carbocycles. The van der Waals surface area contributed by atoms with Crippen molar-refractivity contribution in [2.75, 3.05) is 11.9 Å².